The fourth-order valence-electron chi connectivity index (χ4n) is 9.30. The van der Waals surface area contributed by atoms with E-state index in [1.807, 2.05) is 0 Å². The van der Waals surface area contributed by atoms with Crippen molar-refractivity contribution in [3.05, 3.63) is 222 Å². The van der Waals surface area contributed by atoms with Gasteiger partial charge in [0.1, 0.15) is 0 Å². The molecule has 268 valence electrons. The maximum absolute atomic E-state index is 5.25. The molecule has 4 aliphatic rings. The number of rotatable bonds is 6. The molecule has 0 N–H and O–H groups in total. The Kier molecular flexibility index (Phi) is 8.45. The van der Waals surface area contributed by atoms with Crippen molar-refractivity contribution in [2.75, 3.05) is 0 Å². The third-order valence-corrected chi connectivity index (χ3v) is 12.1. The van der Waals surface area contributed by atoms with Crippen LogP contribution < -0.4 is 10.4 Å². The molecule has 1 heterocycles. The zero-order valence-electron chi connectivity index (χ0n) is 31.9. The number of allylic oxidation sites excluding steroid dienone is 12. The quantitative estimate of drug-likeness (QED) is 0.167. The smallest absolute Gasteiger partial charge is 0.0715 e. The Balaban J connectivity index is 1.13. The number of aromatic nitrogens is 1. The van der Waals surface area contributed by atoms with Crippen LogP contribution in [0.5, 0.6) is 0 Å². The summed E-state index contributed by atoms with van der Waals surface area (Å²) in [6.07, 6.45) is 24.3. The van der Waals surface area contributed by atoms with Gasteiger partial charge in [-0.25, -0.2) is 4.98 Å². The Morgan fingerprint density at radius 2 is 1.16 bits per heavy atom. The van der Waals surface area contributed by atoms with E-state index >= 15 is 0 Å². The third kappa shape index (κ3) is 5.83. The highest BCUT2D eigenvalue weighted by atomic mass is 14.7. The number of hydrogen-bond acceptors (Lipinski definition) is 1. The minimum absolute atomic E-state index is 0.135. The van der Waals surface area contributed by atoms with Gasteiger partial charge in [0.2, 0.25) is 0 Å². The van der Waals surface area contributed by atoms with Crippen LogP contribution in [0.15, 0.2) is 200 Å². The van der Waals surface area contributed by atoms with Gasteiger partial charge >= 0.3 is 0 Å². The Labute approximate surface area is 330 Å². The molecule has 0 bridgehead atoms. The van der Waals surface area contributed by atoms with Crippen molar-refractivity contribution >= 4 is 22.3 Å². The molecule has 10 rings (SSSR count). The van der Waals surface area contributed by atoms with Gasteiger partial charge in [-0.3, -0.25) is 0 Å². The van der Waals surface area contributed by atoms with E-state index < -0.39 is 0 Å². The molecule has 4 aliphatic carbocycles. The Morgan fingerprint density at radius 1 is 0.554 bits per heavy atom. The lowest BCUT2D eigenvalue weighted by molar-refractivity contribution is 0.484. The van der Waals surface area contributed by atoms with Crippen LogP contribution in [0.4, 0.5) is 0 Å². The molecule has 1 aromatic heterocycles. The largest absolute Gasteiger partial charge is 0.248 e. The van der Waals surface area contributed by atoms with E-state index in [1.54, 1.807) is 0 Å². The maximum atomic E-state index is 5.25. The van der Waals surface area contributed by atoms with Gasteiger partial charge in [-0.1, -0.05) is 196 Å². The molecular formula is C55H43N. The molecule has 0 fully saturated rings. The van der Waals surface area contributed by atoms with Crippen LogP contribution in [-0.4, -0.2) is 4.98 Å². The van der Waals surface area contributed by atoms with Crippen molar-refractivity contribution in [3.63, 3.8) is 0 Å². The first-order chi connectivity index (χ1) is 27.5. The zero-order valence-corrected chi connectivity index (χ0v) is 31.9. The maximum Gasteiger partial charge on any atom is 0.0715 e. The molecule has 5 aromatic carbocycles. The monoisotopic (exact) mass is 717 g/mol. The van der Waals surface area contributed by atoms with Gasteiger partial charge in [0, 0.05) is 16.9 Å². The van der Waals surface area contributed by atoms with Crippen LogP contribution >= 0.6 is 0 Å². The topological polar surface area (TPSA) is 12.9 Å². The molecule has 56 heavy (non-hydrogen) atoms. The minimum atomic E-state index is -0.135. The summed E-state index contributed by atoms with van der Waals surface area (Å²) in [5.74, 6) is 0.773. The van der Waals surface area contributed by atoms with E-state index in [0.29, 0.717) is 11.8 Å². The predicted molar refractivity (Wildman–Crippen MR) is 236 cm³/mol. The lowest BCUT2D eigenvalue weighted by atomic mass is 9.61. The molecule has 0 saturated heterocycles. The van der Waals surface area contributed by atoms with Gasteiger partial charge in [-0.15, -0.1) is 0 Å². The predicted octanol–water partition coefficient (Wildman–Crippen LogP) is 12.4. The zero-order chi connectivity index (χ0) is 37.6. The SMILES string of the molecule is CC1C=C(c2cc(-c3ccccc3-c3ccccc3-c3ccccc3C3=CC4=c5ccccc5=C5C=CC=CC5C4(C)C=C3)cc(-c3ccccc3)n2)C=CC1. The van der Waals surface area contributed by atoms with Crippen LogP contribution in [0.1, 0.15) is 31.5 Å². The van der Waals surface area contributed by atoms with E-state index in [0.717, 1.165) is 28.9 Å². The normalized spacial score (nSPS) is 20.5. The highest BCUT2D eigenvalue weighted by Gasteiger charge is 2.40. The fourth-order valence-corrected chi connectivity index (χ4v) is 9.30. The Morgan fingerprint density at radius 3 is 1.89 bits per heavy atom. The summed E-state index contributed by atoms with van der Waals surface area (Å²) in [4.78, 5) is 5.25. The summed E-state index contributed by atoms with van der Waals surface area (Å²) in [5, 5.41) is 2.67. The molecule has 0 aliphatic heterocycles. The van der Waals surface area contributed by atoms with Gasteiger partial charge in [-0.2, -0.15) is 0 Å². The highest BCUT2D eigenvalue weighted by Crippen LogP contribution is 2.50. The van der Waals surface area contributed by atoms with Gasteiger partial charge < -0.3 is 0 Å². The summed E-state index contributed by atoms with van der Waals surface area (Å²) in [6, 6.07) is 50.8. The lowest BCUT2D eigenvalue weighted by Crippen LogP contribution is -2.44. The number of hydrogen-bond donors (Lipinski definition) is 0. The van der Waals surface area contributed by atoms with Crippen LogP contribution in [0.25, 0.3) is 66.9 Å². The van der Waals surface area contributed by atoms with Crippen molar-refractivity contribution in [3.8, 4) is 44.6 Å². The van der Waals surface area contributed by atoms with E-state index in [2.05, 4.69) is 214 Å². The molecule has 1 heteroatoms. The van der Waals surface area contributed by atoms with Crippen LogP contribution in [0, 0.1) is 17.3 Å². The first-order valence-electron chi connectivity index (χ1n) is 19.9. The molecular weight excluding hydrogens is 675 g/mol. The summed E-state index contributed by atoms with van der Waals surface area (Å²) >= 11 is 0. The average Bonchev–Trinajstić information content (AvgIpc) is 3.26. The van der Waals surface area contributed by atoms with Crippen LogP contribution in [-0.2, 0) is 0 Å². The molecule has 3 atom stereocenters. The molecule has 0 radical (unpaired) electrons. The summed E-state index contributed by atoms with van der Waals surface area (Å²) < 4.78 is 0. The molecule has 6 aromatic rings. The van der Waals surface area contributed by atoms with Gasteiger partial charge in [-0.05, 0) is 102 Å². The average molecular weight is 718 g/mol. The number of nitrogens with zero attached hydrogens (tertiary/aromatic N) is 1. The van der Waals surface area contributed by atoms with Crippen LogP contribution in [0.3, 0.4) is 0 Å². The van der Waals surface area contributed by atoms with Crippen molar-refractivity contribution in [1.29, 1.82) is 0 Å². The minimum Gasteiger partial charge on any atom is -0.248 e. The number of pyridine rings is 1. The van der Waals surface area contributed by atoms with Crippen molar-refractivity contribution in [1.82, 2.24) is 4.98 Å². The first-order valence-corrected chi connectivity index (χ1v) is 19.9. The molecule has 1 nitrogen and oxygen atoms in total. The fraction of sp³-hybridized carbons (Fsp3) is 0.109. The Hall–Kier alpha value is -6.57. The van der Waals surface area contributed by atoms with Gasteiger partial charge in [0.15, 0.2) is 0 Å². The van der Waals surface area contributed by atoms with E-state index in [4.69, 9.17) is 4.98 Å². The van der Waals surface area contributed by atoms with Crippen molar-refractivity contribution in [2.24, 2.45) is 17.3 Å². The van der Waals surface area contributed by atoms with E-state index in [9.17, 15) is 0 Å². The second-order valence-corrected chi connectivity index (χ2v) is 15.7. The first kappa shape index (κ1) is 34.0. The second kappa shape index (κ2) is 13.9. The summed E-state index contributed by atoms with van der Waals surface area (Å²) in [7, 11) is 0. The lowest BCUT2D eigenvalue weighted by Gasteiger charge is -2.41. The van der Waals surface area contributed by atoms with Gasteiger partial charge in [0.05, 0.1) is 11.4 Å². The number of fused-ring (bicyclic) bond motifs is 4. The molecule has 3 unspecified atom stereocenters. The van der Waals surface area contributed by atoms with E-state index in [1.165, 1.54) is 66.1 Å². The molecule has 0 spiro atoms. The molecule has 0 saturated carbocycles. The van der Waals surface area contributed by atoms with Crippen molar-refractivity contribution < 1.29 is 0 Å². The second-order valence-electron chi connectivity index (χ2n) is 15.7. The highest BCUT2D eigenvalue weighted by molar-refractivity contribution is 5.99. The van der Waals surface area contributed by atoms with Crippen molar-refractivity contribution in [2.45, 2.75) is 20.3 Å². The van der Waals surface area contributed by atoms with E-state index in [-0.39, 0.29) is 5.41 Å². The standard InChI is InChI=1S/C55H43N/c1-37-17-16-20-40(33-37)54-36-41(35-53(56-54)38-18-4-3-5-19-38)43-22-7-9-24-45(43)47-26-11-10-25-46(47)44-23-8-6-21-42(44)39-31-32-55(2)51-30-15-14-28-49(51)48-27-12-13-29-50(48)52(55)34-39/h3-16,18-37,51H,17H2,1-2H3. The summed E-state index contributed by atoms with van der Waals surface area (Å²) in [6.45, 7) is 4.68. The van der Waals surface area contributed by atoms with Gasteiger partial charge in [0.25, 0.3) is 0 Å². The third-order valence-electron chi connectivity index (χ3n) is 12.1. The summed E-state index contributed by atoms with van der Waals surface area (Å²) in [5.41, 5.74) is 16.6. The Bertz CT molecular complexity index is 2860. The number of benzene rings is 5. The van der Waals surface area contributed by atoms with Crippen LogP contribution in [0.2, 0.25) is 0 Å². The molecule has 0 amide bonds.